The summed E-state index contributed by atoms with van der Waals surface area (Å²) in [7, 11) is 0. The predicted molar refractivity (Wildman–Crippen MR) is 112 cm³/mol. The van der Waals surface area contributed by atoms with Crippen LogP contribution in [0.2, 0.25) is 0 Å². The van der Waals surface area contributed by atoms with Crippen molar-refractivity contribution < 1.29 is 14.6 Å². The van der Waals surface area contributed by atoms with E-state index in [9.17, 15) is 4.79 Å². The SMILES string of the molecule is CCC1(C(C)/C=C/C=C/C2CCCC/C2=C\COCCCC(=O)O)CCC1. The number of hydrogen-bond donors (Lipinski definition) is 1. The van der Waals surface area contributed by atoms with E-state index in [1.807, 2.05) is 0 Å². The normalized spacial score (nSPS) is 25.1. The van der Waals surface area contributed by atoms with Crippen LogP contribution in [0.15, 0.2) is 36.0 Å². The van der Waals surface area contributed by atoms with Gasteiger partial charge in [0.05, 0.1) is 6.61 Å². The zero-order chi connectivity index (χ0) is 19.5. The number of carboxylic acids is 1. The highest BCUT2D eigenvalue weighted by atomic mass is 16.5. The van der Waals surface area contributed by atoms with Crippen molar-refractivity contribution in [1.29, 1.82) is 0 Å². The van der Waals surface area contributed by atoms with Crippen LogP contribution in [0, 0.1) is 17.3 Å². The minimum absolute atomic E-state index is 0.187. The quantitative estimate of drug-likeness (QED) is 0.262. The van der Waals surface area contributed by atoms with E-state index in [0.29, 0.717) is 36.9 Å². The van der Waals surface area contributed by atoms with Crippen LogP contribution >= 0.6 is 0 Å². The lowest BCUT2D eigenvalue weighted by molar-refractivity contribution is -0.137. The van der Waals surface area contributed by atoms with E-state index in [4.69, 9.17) is 9.84 Å². The van der Waals surface area contributed by atoms with Crippen LogP contribution in [-0.4, -0.2) is 24.3 Å². The summed E-state index contributed by atoms with van der Waals surface area (Å²) < 4.78 is 5.58. The topological polar surface area (TPSA) is 46.5 Å². The Morgan fingerprint density at radius 3 is 2.78 bits per heavy atom. The highest BCUT2D eigenvalue weighted by Gasteiger charge is 2.38. The van der Waals surface area contributed by atoms with E-state index in [2.05, 4.69) is 44.2 Å². The summed E-state index contributed by atoms with van der Waals surface area (Å²) in [6.07, 6.45) is 22.7. The molecule has 0 amide bonds. The monoisotopic (exact) mass is 374 g/mol. The molecule has 152 valence electrons. The molecule has 2 aliphatic carbocycles. The van der Waals surface area contributed by atoms with E-state index in [0.717, 1.165) is 6.42 Å². The first-order chi connectivity index (χ1) is 13.1. The maximum atomic E-state index is 10.5. The van der Waals surface area contributed by atoms with Crippen molar-refractivity contribution in [2.24, 2.45) is 17.3 Å². The van der Waals surface area contributed by atoms with E-state index >= 15 is 0 Å². The van der Waals surface area contributed by atoms with Crippen molar-refractivity contribution in [1.82, 2.24) is 0 Å². The summed E-state index contributed by atoms with van der Waals surface area (Å²) in [4.78, 5) is 10.5. The largest absolute Gasteiger partial charge is 0.481 e. The van der Waals surface area contributed by atoms with Crippen molar-refractivity contribution in [3.05, 3.63) is 36.0 Å². The van der Waals surface area contributed by atoms with Crippen LogP contribution in [0.3, 0.4) is 0 Å². The highest BCUT2D eigenvalue weighted by Crippen LogP contribution is 2.50. The van der Waals surface area contributed by atoms with Gasteiger partial charge in [0.1, 0.15) is 0 Å². The zero-order valence-corrected chi connectivity index (χ0v) is 17.3. The van der Waals surface area contributed by atoms with Crippen LogP contribution in [-0.2, 0) is 9.53 Å². The smallest absolute Gasteiger partial charge is 0.303 e. The summed E-state index contributed by atoms with van der Waals surface area (Å²) in [6.45, 7) is 5.84. The number of rotatable bonds is 11. The molecule has 0 aliphatic heterocycles. The molecular weight excluding hydrogens is 336 g/mol. The third-order valence-electron chi connectivity index (χ3n) is 6.72. The molecule has 2 saturated carbocycles. The van der Waals surface area contributed by atoms with Gasteiger partial charge in [-0.1, -0.05) is 62.6 Å². The fourth-order valence-corrected chi connectivity index (χ4v) is 4.51. The Morgan fingerprint density at radius 2 is 2.11 bits per heavy atom. The molecule has 0 saturated heterocycles. The van der Waals surface area contributed by atoms with Gasteiger partial charge in [0.2, 0.25) is 0 Å². The molecule has 2 unspecified atom stereocenters. The van der Waals surface area contributed by atoms with Gasteiger partial charge in [-0.15, -0.1) is 0 Å². The van der Waals surface area contributed by atoms with Gasteiger partial charge in [0.15, 0.2) is 0 Å². The van der Waals surface area contributed by atoms with Crippen molar-refractivity contribution >= 4 is 5.97 Å². The molecule has 2 atom stereocenters. The summed E-state index contributed by atoms with van der Waals surface area (Å²) in [5.41, 5.74) is 2.05. The predicted octanol–water partition coefficient (Wildman–Crippen LogP) is 6.31. The van der Waals surface area contributed by atoms with Crippen molar-refractivity contribution in [3.8, 4) is 0 Å². The first-order valence-electron chi connectivity index (χ1n) is 10.9. The maximum absolute atomic E-state index is 10.5. The van der Waals surface area contributed by atoms with Crippen LogP contribution in [0.4, 0.5) is 0 Å². The summed E-state index contributed by atoms with van der Waals surface area (Å²) in [6, 6.07) is 0. The second kappa shape index (κ2) is 11.5. The van der Waals surface area contributed by atoms with Gasteiger partial charge in [-0.2, -0.15) is 0 Å². The Hall–Kier alpha value is -1.35. The fraction of sp³-hybridized carbons (Fsp3) is 0.708. The van der Waals surface area contributed by atoms with Gasteiger partial charge in [0, 0.05) is 13.0 Å². The molecular formula is C24H38O3. The number of ether oxygens (including phenoxy) is 1. The average Bonchev–Trinajstić information content (AvgIpc) is 2.62. The minimum atomic E-state index is -0.751. The summed E-state index contributed by atoms with van der Waals surface area (Å²) in [5.74, 6) is 0.450. The summed E-state index contributed by atoms with van der Waals surface area (Å²) in [5, 5.41) is 8.64. The zero-order valence-electron chi connectivity index (χ0n) is 17.3. The number of carbonyl (C=O) groups is 1. The minimum Gasteiger partial charge on any atom is -0.481 e. The van der Waals surface area contributed by atoms with Crippen molar-refractivity contribution in [2.75, 3.05) is 13.2 Å². The molecule has 3 nitrogen and oxygen atoms in total. The van der Waals surface area contributed by atoms with Gasteiger partial charge in [0.25, 0.3) is 0 Å². The standard InChI is InChI=1S/C24H38O3/c1-3-24(16-9-17-24)20(2)10-4-5-11-21-12-6-7-13-22(21)15-19-27-18-8-14-23(25)26/h4-5,10-11,15,20-21H,3,6-9,12-14,16-19H2,1-2H3,(H,25,26)/b10-4+,11-5+,22-15+. The maximum Gasteiger partial charge on any atom is 0.303 e. The third kappa shape index (κ3) is 6.95. The average molecular weight is 375 g/mol. The van der Waals surface area contributed by atoms with Crippen molar-refractivity contribution in [3.63, 3.8) is 0 Å². The molecule has 0 bridgehead atoms. The molecule has 2 aliphatic rings. The Morgan fingerprint density at radius 1 is 1.30 bits per heavy atom. The fourth-order valence-electron chi connectivity index (χ4n) is 4.51. The Kier molecular flexibility index (Phi) is 9.33. The molecule has 1 N–H and O–H groups in total. The van der Waals surface area contributed by atoms with Gasteiger partial charge in [-0.3, -0.25) is 4.79 Å². The van der Waals surface area contributed by atoms with Crippen LogP contribution < -0.4 is 0 Å². The molecule has 0 aromatic rings. The van der Waals surface area contributed by atoms with Gasteiger partial charge >= 0.3 is 5.97 Å². The molecule has 3 heteroatoms. The lowest BCUT2D eigenvalue weighted by Gasteiger charge is -2.45. The van der Waals surface area contributed by atoms with E-state index in [1.165, 1.54) is 50.5 Å². The lowest BCUT2D eigenvalue weighted by atomic mass is 9.60. The van der Waals surface area contributed by atoms with Crippen LogP contribution in [0.25, 0.3) is 0 Å². The Bertz CT molecular complexity index is 534. The Labute approximate surface area is 165 Å². The molecule has 2 fully saturated rings. The number of carboxylic acid groups (broad SMARTS) is 1. The van der Waals surface area contributed by atoms with E-state index in [1.54, 1.807) is 0 Å². The van der Waals surface area contributed by atoms with E-state index in [-0.39, 0.29) is 6.42 Å². The number of hydrogen-bond acceptors (Lipinski definition) is 2. The first-order valence-corrected chi connectivity index (χ1v) is 10.9. The number of allylic oxidation sites excluding steroid dienone is 5. The second-order valence-electron chi connectivity index (χ2n) is 8.33. The molecule has 0 heterocycles. The molecule has 0 aromatic heterocycles. The highest BCUT2D eigenvalue weighted by molar-refractivity contribution is 5.66. The third-order valence-corrected chi connectivity index (χ3v) is 6.72. The van der Waals surface area contributed by atoms with Gasteiger partial charge < -0.3 is 9.84 Å². The first kappa shape index (κ1) is 21.9. The molecule has 0 aromatic carbocycles. The second-order valence-corrected chi connectivity index (χ2v) is 8.33. The van der Waals surface area contributed by atoms with Gasteiger partial charge in [-0.25, -0.2) is 0 Å². The lowest BCUT2D eigenvalue weighted by Crippen LogP contribution is -2.34. The van der Waals surface area contributed by atoms with Crippen LogP contribution in [0.1, 0.15) is 78.1 Å². The van der Waals surface area contributed by atoms with Crippen LogP contribution in [0.5, 0.6) is 0 Å². The molecule has 0 spiro atoms. The molecule has 2 rings (SSSR count). The van der Waals surface area contributed by atoms with Gasteiger partial charge in [-0.05, 0) is 62.2 Å². The number of aliphatic carboxylic acids is 1. The molecule has 27 heavy (non-hydrogen) atoms. The Balaban J connectivity index is 1.78. The van der Waals surface area contributed by atoms with Crippen molar-refractivity contribution in [2.45, 2.75) is 78.1 Å². The van der Waals surface area contributed by atoms with E-state index < -0.39 is 5.97 Å². The summed E-state index contributed by atoms with van der Waals surface area (Å²) >= 11 is 0. The molecule has 0 radical (unpaired) electrons.